The van der Waals surface area contributed by atoms with Gasteiger partial charge in [-0.15, -0.1) is 0 Å². The van der Waals surface area contributed by atoms with Crippen molar-refractivity contribution < 1.29 is 13.5 Å². The fraction of sp³-hybridized carbons (Fsp3) is 0.176. The van der Waals surface area contributed by atoms with Crippen LogP contribution in [0.5, 0.6) is 5.75 Å². The third kappa shape index (κ3) is 2.17. The smallest absolute Gasteiger partial charge is 0.125 e. The van der Waals surface area contributed by atoms with Crippen molar-refractivity contribution in [3.8, 4) is 5.75 Å². The van der Waals surface area contributed by atoms with Crippen LogP contribution >= 0.6 is 0 Å². The standard InChI is InChI=1S/C17H13F2NO/c18-13-3-4-17-12(7-13)8-15(21-17)10-20-6-5-11-1-2-14(19)9-16(11)20/h1-7,9,15H,8,10H2. The molecule has 0 amide bonds. The molecule has 4 heteroatoms. The van der Waals surface area contributed by atoms with Crippen molar-refractivity contribution in [1.82, 2.24) is 4.57 Å². The molecule has 21 heavy (non-hydrogen) atoms. The minimum absolute atomic E-state index is 0.0549. The summed E-state index contributed by atoms with van der Waals surface area (Å²) < 4.78 is 34.4. The van der Waals surface area contributed by atoms with Crippen molar-refractivity contribution in [3.05, 3.63) is 65.9 Å². The average molecular weight is 285 g/mol. The molecule has 3 aromatic rings. The van der Waals surface area contributed by atoms with E-state index in [0.29, 0.717) is 13.0 Å². The molecule has 0 N–H and O–H groups in total. The van der Waals surface area contributed by atoms with E-state index in [9.17, 15) is 8.78 Å². The molecule has 1 unspecified atom stereocenters. The molecule has 1 atom stereocenters. The Morgan fingerprint density at radius 3 is 2.76 bits per heavy atom. The van der Waals surface area contributed by atoms with Crippen LogP contribution in [0.25, 0.3) is 10.9 Å². The number of halogens is 2. The second-order valence-electron chi connectivity index (χ2n) is 5.37. The van der Waals surface area contributed by atoms with Crippen molar-refractivity contribution in [2.24, 2.45) is 0 Å². The van der Waals surface area contributed by atoms with Gasteiger partial charge in [0.1, 0.15) is 23.5 Å². The van der Waals surface area contributed by atoms with E-state index in [2.05, 4.69) is 0 Å². The molecule has 1 aliphatic rings. The highest BCUT2D eigenvalue weighted by molar-refractivity contribution is 5.80. The van der Waals surface area contributed by atoms with E-state index in [1.165, 1.54) is 24.3 Å². The molecular formula is C17H13F2NO. The van der Waals surface area contributed by atoms with Gasteiger partial charge in [-0.25, -0.2) is 8.78 Å². The van der Waals surface area contributed by atoms with Gasteiger partial charge >= 0.3 is 0 Å². The van der Waals surface area contributed by atoms with Crippen LogP contribution in [0.15, 0.2) is 48.7 Å². The highest BCUT2D eigenvalue weighted by atomic mass is 19.1. The lowest BCUT2D eigenvalue weighted by Gasteiger charge is -2.12. The molecule has 4 rings (SSSR count). The van der Waals surface area contributed by atoms with Gasteiger partial charge in [-0.1, -0.05) is 0 Å². The Bertz CT molecular complexity index is 825. The number of nitrogens with zero attached hydrogens (tertiary/aromatic N) is 1. The summed E-state index contributed by atoms with van der Waals surface area (Å²) in [6.07, 6.45) is 2.54. The molecule has 0 saturated carbocycles. The van der Waals surface area contributed by atoms with E-state index in [-0.39, 0.29) is 17.7 Å². The molecule has 0 radical (unpaired) electrons. The van der Waals surface area contributed by atoms with Gasteiger partial charge in [-0.05, 0) is 47.9 Å². The number of hydrogen-bond acceptors (Lipinski definition) is 1. The van der Waals surface area contributed by atoms with Crippen molar-refractivity contribution in [2.45, 2.75) is 19.1 Å². The largest absolute Gasteiger partial charge is 0.488 e. The summed E-state index contributed by atoms with van der Waals surface area (Å²) in [5, 5.41) is 0.998. The number of hydrogen-bond donors (Lipinski definition) is 0. The first-order chi connectivity index (χ1) is 10.2. The summed E-state index contributed by atoms with van der Waals surface area (Å²) in [5.41, 5.74) is 1.74. The Labute approximate surface area is 120 Å². The lowest BCUT2D eigenvalue weighted by molar-refractivity contribution is 0.211. The minimum Gasteiger partial charge on any atom is -0.488 e. The second kappa shape index (κ2) is 4.58. The van der Waals surface area contributed by atoms with E-state index >= 15 is 0 Å². The van der Waals surface area contributed by atoms with Crippen molar-refractivity contribution in [3.63, 3.8) is 0 Å². The van der Waals surface area contributed by atoms with E-state index in [1.54, 1.807) is 12.1 Å². The third-order valence-corrected chi connectivity index (χ3v) is 3.90. The molecule has 1 aromatic heterocycles. The highest BCUT2D eigenvalue weighted by Gasteiger charge is 2.23. The summed E-state index contributed by atoms with van der Waals surface area (Å²) in [4.78, 5) is 0. The number of aromatic nitrogens is 1. The molecule has 0 fully saturated rings. The van der Waals surface area contributed by atoms with Crippen LogP contribution < -0.4 is 4.74 Å². The molecule has 2 aromatic carbocycles. The Kier molecular flexibility index (Phi) is 2.70. The fourth-order valence-corrected chi connectivity index (χ4v) is 2.93. The summed E-state index contributed by atoms with van der Waals surface area (Å²) in [5.74, 6) is 0.246. The van der Waals surface area contributed by atoms with Crippen LogP contribution in [-0.4, -0.2) is 10.7 Å². The van der Waals surface area contributed by atoms with Gasteiger partial charge in [0.25, 0.3) is 0 Å². The fourth-order valence-electron chi connectivity index (χ4n) is 2.93. The van der Waals surface area contributed by atoms with Gasteiger partial charge < -0.3 is 9.30 Å². The van der Waals surface area contributed by atoms with Gasteiger partial charge in [0.2, 0.25) is 0 Å². The number of ether oxygens (including phenoxy) is 1. The van der Waals surface area contributed by atoms with Crippen LogP contribution in [0.3, 0.4) is 0 Å². The van der Waals surface area contributed by atoms with Gasteiger partial charge in [-0.2, -0.15) is 0 Å². The van der Waals surface area contributed by atoms with Gasteiger partial charge in [0.05, 0.1) is 12.1 Å². The second-order valence-corrected chi connectivity index (χ2v) is 5.37. The molecule has 2 nitrogen and oxygen atoms in total. The Morgan fingerprint density at radius 1 is 1.05 bits per heavy atom. The molecule has 0 saturated heterocycles. The maximum atomic E-state index is 13.4. The van der Waals surface area contributed by atoms with Gasteiger partial charge in [0, 0.05) is 18.2 Å². The molecule has 0 aliphatic carbocycles. The maximum absolute atomic E-state index is 13.4. The normalized spacial score (nSPS) is 17.0. The van der Waals surface area contributed by atoms with E-state index in [0.717, 1.165) is 22.2 Å². The van der Waals surface area contributed by atoms with E-state index in [1.807, 2.05) is 16.8 Å². The molecule has 106 valence electrons. The van der Waals surface area contributed by atoms with Crippen molar-refractivity contribution >= 4 is 10.9 Å². The maximum Gasteiger partial charge on any atom is 0.125 e. The topological polar surface area (TPSA) is 14.2 Å². The van der Waals surface area contributed by atoms with Crippen LogP contribution in [0.4, 0.5) is 8.78 Å². The average Bonchev–Trinajstić information content (AvgIpc) is 3.02. The molecule has 1 aliphatic heterocycles. The van der Waals surface area contributed by atoms with Crippen molar-refractivity contribution in [2.75, 3.05) is 0 Å². The minimum atomic E-state index is -0.250. The number of benzene rings is 2. The third-order valence-electron chi connectivity index (χ3n) is 3.90. The summed E-state index contributed by atoms with van der Waals surface area (Å²) >= 11 is 0. The highest BCUT2D eigenvalue weighted by Crippen LogP contribution is 2.30. The number of fused-ring (bicyclic) bond motifs is 2. The first-order valence-electron chi connectivity index (χ1n) is 6.88. The molecule has 0 bridgehead atoms. The summed E-state index contributed by atoms with van der Waals surface area (Å²) in [7, 11) is 0. The van der Waals surface area contributed by atoms with E-state index < -0.39 is 0 Å². The summed E-state index contributed by atoms with van der Waals surface area (Å²) in [6.45, 7) is 0.614. The first kappa shape index (κ1) is 12.4. The Hall–Kier alpha value is -2.36. The first-order valence-corrected chi connectivity index (χ1v) is 6.88. The predicted molar refractivity (Wildman–Crippen MR) is 76.4 cm³/mol. The Balaban J connectivity index is 1.61. The zero-order valence-electron chi connectivity index (χ0n) is 11.2. The predicted octanol–water partition coefficient (Wildman–Crippen LogP) is 3.92. The lowest BCUT2D eigenvalue weighted by atomic mass is 10.1. The molecular weight excluding hydrogens is 272 g/mol. The van der Waals surface area contributed by atoms with Crippen LogP contribution in [0, 0.1) is 11.6 Å². The molecule has 0 spiro atoms. The van der Waals surface area contributed by atoms with E-state index in [4.69, 9.17) is 4.74 Å². The zero-order valence-corrected chi connectivity index (χ0v) is 11.2. The molecule has 2 heterocycles. The monoisotopic (exact) mass is 285 g/mol. The zero-order chi connectivity index (χ0) is 14.4. The van der Waals surface area contributed by atoms with Crippen LogP contribution in [0.2, 0.25) is 0 Å². The quantitative estimate of drug-likeness (QED) is 0.696. The van der Waals surface area contributed by atoms with Crippen molar-refractivity contribution in [1.29, 1.82) is 0 Å². The Morgan fingerprint density at radius 2 is 1.86 bits per heavy atom. The SMILES string of the molecule is Fc1ccc2c(c1)CC(Cn1ccc3ccc(F)cc31)O2. The summed E-state index contributed by atoms with van der Waals surface area (Å²) in [6, 6.07) is 11.3. The van der Waals surface area contributed by atoms with Crippen LogP contribution in [-0.2, 0) is 13.0 Å². The van der Waals surface area contributed by atoms with Gasteiger partial charge in [-0.3, -0.25) is 0 Å². The lowest BCUT2D eigenvalue weighted by Crippen LogP contribution is -2.20. The van der Waals surface area contributed by atoms with Gasteiger partial charge in [0.15, 0.2) is 0 Å². The van der Waals surface area contributed by atoms with Crippen LogP contribution in [0.1, 0.15) is 5.56 Å². The number of rotatable bonds is 2.